The molecule has 0 radical (unpaired) electrons. The van der Waals surface area contributed by atoms with Crippen LogP contribution in [0.3, 0.4) is 0 Å². The molecular weight excluding hydrogens is 342 g/mol. The third-order valence-electron chi connectivity index (χ3n) is 4.40. The number of imidazole rings is 1. The molecule has 0 amide bonds. The number of carbonyl (C=O) groups is 1. The Balaban J connectivity index is 2.38. The third-order valence-corrected chi connectivity index (χ3v) is 4.68. The second-order valence-corrected chi connectivity index (χ2v) is 6.24. The van der Waals surface area contributed by atoms with Crippen LogP contribution in [0.1, 0.15) is 43.1 Å². The molecule has 0 aliphatic carbocycles. The number of hydrogen-bond acceptors (Lipinski definition) is 3. The normalized spacial score (nSPS) is 11.4. The van der Waals surface area contributed by atoms with Gasteiger partial charge < -0.3 is 5.11 Å². The van der Waals surface area contributed by atoms with E-state index in [0.29, 0.717) is 27.3 Å². The maximum absolute atomic E-state index is 12.5. The van der Waals surface area contributed by atoms with Crippen molar-refractivity contribution >= 4 is 28.7 Å². The minimum Gasteiger partial charge on any atom is -0.478 e. The Morgan fingerprint density at radius 2 is 2.08 bits per heavy atom. The number of pyridine rings is 1. The molecule has 0 atom stereocenters. The average molecular weight is 360 g/mol. The van der Waals surface area contributed by atoms with E-state index < -0.39 is 5.97 Å². The van der Waals surface area contributed by atoms with E-state index in [1.807, 2.05) is 13.8 Å². The summed E-state index contributed by atoms with van der Waals surface area (Å²) in [5, 5.41) is 9.62. The van der Waals surface area contributed by atoms with E-state index in [0.717, 1.165) is 12.8 Å². The molecule has 0 saturated heterocycles. The first-order valence-corrected chi connectivity index (χ1v) is 8.48. The Bertz CT molecular complexity index is 1000. The van der Waals surface area contributed by atoms with Gasteiger partial charge in [-0.2, -0.15) is 0 Å². The maximum atomic E-state index is 12.5. The molecule has 0 spiro atoms. The predicted octanol–water partition coefficient (Wildman–Crippen LogP) is 4.10. The quantitative estimate of drug-likeness (QED) is 0.717. The van der Waals surface area contributed by atoms with Crippen molar-refractivity contribution in [1.82, 2.24) is 14.5 Å². The number of benzene rings is 1. The fourth-order valence-corrected chi connectivity index (χ4v) is 3.40. The first kappa shape index (κ1) is 17.2. The Morgan fingerprint density at radius 3 is 2.72 bits per heavy atom. The van der Waals surface area contributed by atoms with Crippen LogP contribution in [0, 0.1) is 0 Å². The standard InChI is InChI=1S/C18H18ClN3O3/c1-3-12(4-2)22-15-14(10-6-5-7-11(8-10)17(23)24)13(19)9-20-16(15)21-18(22)25/h5-9,12H,3-4H2,1-2H3,(H,23,24)(H,20,21,25). The molecule has 0 aliphatic rings. The molecule has 3 aromatic rings. The average Bonchev–Trinajstić information content (AvgIpc) is 2.93. The van der Waals surface area contributed by atoms with E-state index in [1.165, 1.54) is 12.3 Å². The molecule has 2 heterocycles. The lowest BCUT2D eigenvalue weighted by atomic mass is 10.0. The molecular formula is C18H18ClN3O3. The van der Waals surface area contributed by atoms with Gasteiger partial charge in [-0.25, -0.2) is 14.6 Å². The van der Waals surface area contributed by atoms with Crippen LogP contribution in [0.25, 0.3) is 22.3 Å². The van der Waals surface area contributed by atoms with Gasteiger partial charge in [-0.3, -0.25) is 9.55 Å². The van der Waals surface area contributed by atoms with Crippen molar-refractivity contribution in [1.29, 1.82) is 0 Å². The highest BCUT2D eigenvalue weighted by molar-refractivity contribution is 6.34. The summed E-state index contributed by atoms with van der Waals surface area (Å²) in [4.78, 5) is 30.8. The smallest absolute Gasteiger partial charge is 0.335 e. The summed E-state index contributed by atoms with van der Waals surface area (Å²) in [5.74, 6) is -1.02. The summed E-state index contributed by atoms with van der Waals surface area (Å²) in [6.07, 6.45) is 3.04. The van der Waals surface area contributed by atoms with Crippen molar-refractivity contribution in [2.24, 2.45) is 0 Å². The second kappa shape index (κ2) is 6.72. The number of nitrogens with one attached hydrogen (secondary N) is 1. The number of fused-ring (bicyclic) bond motifs is 1. The molecule has 3 rings (SSSR count). The molecule has 0 aliphatic heterocycles. The predicted molar refractivity (Wildman–Crippen MR) is 97.4 cm³/mol. The highest BCUT2D eigenvalue weighted by Gasteiger charge is 2.21. The topological polar surface area (TPSA) is 88.0 Å². The van der Waals surface area contributed by atoms with Crippen LogP contribution in [0.4, 0.5) is 0 Å². The van der Waals surface area contributed by atoms with Crippen molar-refractivity contribution in [3.05, 3.63) is 51.5 Å². The Hall–Kier alpha value is -2.60. The lowest BCUT2D eigenvalue weighted by Crippen LogP contribution is -2.21. The molecule has 1 aromatic carbocycles. The largest absolute Gasteiger partial charge is 0.478 e. The lowest BCUT2D eigenvalue weighted by molar-refractivity contribution is 0.0697. The molecule has 0 saturated carbocycles. The van der Waals surface area contributed by atoms with Gasteiger partial charge in [0.25, 0.3) is 0 Å². The lowest BCUT2D eigenvalue weighted by Gasteiger charge is -2.17. The fraction of sp³-hybridized carbons (Fsp3) is 0.278. The third kappa shape index (κ3) is 2.93. The van der Waals surface area contributed by atoms with E-state index in [-0.39, 0.29) is 17.3 Å². The van der Waals surface area contributed by atoms with Gasteiger partial charge in [0.2, 0.25) is 0 Å². The molecule has 25 heavy (non-hydrogen) atoms. The van der Waals surface area contributed by atoms with Crippen LogP contribution in [-0.2, 0) is 0 Å². The highest BCUT2D eigenvalue weighted by atomic mass is 35.5. The van der Waals surface area contributed by atoms with Crippen LogP contribution >= 0.6 is 11.6 Å². The summed E-state index contributed by atoms with van der Waals surface area (Å²) in [6, 6.07) is 6.51. The molecule has 0 bridgehead atoms. The monoisotopic (exact) mass is 359 g/mol. The minimum absolute atomic E-state index is 0.00271. The molecule has 7 heteroatoms. The Morgan fingerprint density at radius 1 is 1.36 bits per heavy atom. The zero-order valence-corrected chi connectivity index (χ0v) is 14.7. The molecule has 0 fully saturated rings. The van der Waals surface area contributed by atoms with Gasteiger partial charge in [-0.1, -0.05) is 37.6 Å². The number of hydrogen-bond donors (Lipinski definition) is 2. The first-order valence-electron chi connectivity index (χ1n) is 8.10. The number of aromatic carboxylic acids is 1. The number of aromatic amines is 1. The van der Waals surface area contributed by atoms with Crippen molar-refractivity contribution in [2.75, 3.05) is 0 Å². The first-order chi connectivity index (χ1) is 12.0. The summed E-state index contributed by atoms with van der Waals surface area (Å²) in [7, 11) is 0. The van der Waals surface area contributed by atoms with E-state index >= 15 is 0 Å². The Labute approximate surface area is 149 Å². The number of carboxylic acids is 1. The van der Waals surface area contributed by atoms with Gasteiger partial charge in [0.05, 0.1) is 16.1 Å². The SMILES string of the molecule is CCC(CC)n1c(=O)[nH]c2ncc(Cl)c(-c3cccc(C(=O)O)c3)c21. The van der Waals surface area contributed by atoms with Gasteiger partial charge >= 0.3 is 11.7 Å². The maximum Gasteiger partial charge on any atom is 0.335 e. The number of nitrogens with zero attached hydrogens (tertiary/aromatic N) is 2. The minimum atomic E-state index is -1.02. The fourth-order valence-electron chi connectivity index (χ4n) is 3.15. The van der Waals surface area contributed by atoms with Crippen LogP contribution in [0.15, 0.2) is 35.3 Å². The summed E-state index contributed by atoms with van der Waals surface area (Å²) in [5.41, 5.74) is 2.21. The van der Waals surface area contributed by atoms with Crippen LogP contribution in [-0.4, -0.2) is 25.6 Å². The molecule has 0 unspecified atom stereocenters. The number of aromatic nitrogens is 3. The van der Waals surface area contributed by atoms with Crippen molar-refractivity contribution in [2.45, 2.75) is 32.7 Å². The van der Waals surface area contributed by atoms with Crippen molar-refractivity contribution in [3.63, 3.8) is 0 Å². The van der Waals surface area contributed by atoms with Gasteiger partial charge in [-0.05, 0) is 30.5 Å². The number of rotatable bonds is 5. The van der Waals surface area contributed by atoms with E-state index in [1.54, 1.807) is 22.8 Å². The number of halogens is 1. The number of carboxylic acid groups (broad SMARTS) is 1. The van der Waals surface area contributed by atoms with E-state index in [2.05, 4.69) is 9.97 Å². The zero-order valence-electron chi connectivity index (χ0n) is 13.9. The zero-order chi connectivity index (χ0) is 18.1. The molecule has 130 valence electrons. The second-order valence-electron chi connectivity index (χ2n) is 5.83. The van der Waals surface area contributed by atoms with Crippen molar-refractivity contribution in [3.8, 4) is 11.1 Å². The van der Waals surface area contributed by atoms with E-state index in [9.17, 15) is 14.7 Å². The summed E-state index contributed by atoms with van der Waals surface area (Å²) >= 11 is 6.40. The molecule has 2 N–H and O–H groups in total. The van der Waals surface area contributed by atoms with Gasteiger partial charge in [0, 0.05) is 17.8 Å². The highest BCUT2D eigenvalue weighted by Crippen LogP contribution is 2.35. The van der Waals surface area contributed by atoms with Crippen LogP contribution in [0.5, 0.6) is 0 Å². The summed E-state index contributed by atoms with van der Waals surface area (Å²) < 4.78 is 1.68. The molecule has 6 nitrogen and oxygen atoms in total. The number of H-pyrrole nitrogens is 1. The molecule has 2 aromatic heterocycles. The van der Waals surface area contributed by atoms with Crippen molar-refractivity contribution < 1.29 is 9.90 Å². The Kier molecular flexibility index (Phi) is 4.63. The van der Waals surface area contributed by atoms with Crippen LogP contribution in [0.2, 0.25) is 5.02 Å². The van der Waals surface area contributed by atoms with E-state index in [4.69, 9.17) is 11.6 Å². The van der Waals surface area contributed by atoms with Crippen LogP contribution < -0.4 is 5.69 Å². The van der Waals surface area contributed by atoms with Gasteiger partial charge in [0.15, 0.2) is 5.65 Å². The van der Waals surface area contributed by atoms with Gasteiger partial charge in [0.1, 0.15) is 0 Å². The van der Waals surface area contributed by atoms with Gasteiger partial charge in [-0.15, -0.1) is 0 Å². The summed E-state index contributed by atoms with van der Waals surface area (Å²) in [6.45, 7) is 4.03.